The van der Waals surface area contributed by atoms with Gasteiger partial charge < -0.3 is 19.8 Å². The highest BCUT2D eigenvalue weighted by Gasteiger charge is 2.55. The van der Waals surface area contributed by atoms with Crippen LogP contribution in [0.1, 0.15) is 13.2 Å². The quantitative estimate of drug-likeness (QED) is 0.766. The van der Waals surface area contributed by atoms with Gasteiger partial charge in [0.25, 0.3) is 0 Å². The Morgan fingerprint density at radius 1 is 1.43 bits per heavy atom. The fraction of sp³-hybridized carbons (Fsp3) is 0.615. The molecule has 0 amide bonds. The van der Waals surface area contributed by atoms with E-state index in [2.05, 4.69) is 15.0 Å². The Morgan fingerprint density at radius 2 is 2.13 bits per heavy atom. The summed E-state index contributed by atoms with van der Waals surface area (Å²) < 4.78 is 35.2. The maximum Gasteiger partial charge on any atom is 0.312 e. The molecule has 23 heavy (non-hydrogen) atoms. The van der Waals surface area contributed by atoms with Crippen molar-refractivity contribution in [1.29, 1.82) is 0 Å². The number of hydrogen-bond donors (Lipinski definition) is 2. The van der Waals surface area contributed by atoms with Crippen LogP contribution >= 0.6 is 0 Å². The molecule has 126 valence electrons. The zero-order valence-corrected chi connectivity index (χ0v) is 12.8. The minimum atomic E-state index is -2.21. The summed E-state index contributed by atoms with van der Waals surface area (Å²) in [5, 5.41) is 19.1. The number of nitrogens with zero attached hydrogens (tertiary/aromatic N) is 5. The van der Waals surface area contributed by atoms with Crippen LogP contribution < -0.4 is 4.90 Å². The minimum Gasteiger partial charge on any atom is -0.394 e. The topological polar surface area (TPSA) is 96.5 Å². The molecule has 0 spiro atoms. The monoisotopic (exact) mass is 329 g/mol. The number of hydrogen-bond acceptors (Lipinski definition) is 7. The molecule has 3 heterocycles. The first-order valence-corrected chi connectivity index (χ1v) is 6.98. The summed E-state index contributed by atoms with van der Waals surface area (Å²) in [6, 6.07) is 0. The molecule has 0 unspecified atom stereocenters. The largest absolute Gasteiger partial charge is 0.394 e. The third-order valence-corrected chi connectivity index (χ3v) is 3.95. The first-order chi connectivity index (χ1) is 10.8. The van der Waals surface area contributed by atoms with E-state index in [4.69, 9.17) is 4.74 Å². The maximum absolute atomic E-state index is 14.9. The number of ether oxygens (including phenoxy) is 1. The van der Waals surface area contributed by atoms with Gasteiger partial charge in [-0.3, -0.25) is 4.57 Å². The third kappa shape index (κ3) is 2.33. The SMILES string of the molecule is CN(C)c1nc(F)nc2c1ncn2[C@@H]1O[C@H](CO)[C@@H](O)[C@@]1(C)F. The van der Waals surface area contributed by atoms with E-state index >= 15 is 0 Å². The molecule has 2 N–H and O–H groups in total. The Labute approximate surface area is 130 Å². The van der Waals surface area contributed by atoms with Crippen LogP contribution in [0.25, 0.3) is 11.2 Å². The number of rotatable bonds is 3. The minimum absolute atomic E-state index is 0.0425. The van der Waals surface area contributed by atoms with E-state index in [0.29, 0.717) is 0 Å². The molecule has 1 aliphatic heterocycles. The Morgan fingerprint density at radius 3 is 2.70 bits per heavy atom. The summed E-state index contributed by atoms with van der Waals surface area (Å²) in [6.45, 7) is 0.602. The highest BCUT2D eigenvalue weighted by Crippen LogP contribution is 2.42. The van der Waals surface area contributed by atoms with Gasteiger partial charge in [-0.05, 0) is 6.92 Å². The van der Waals surface area contributed by atoms with Crippen molar-refractivity contribution in [3.8, 4) is 0 Å². The second-order valence-electron chi connectivity index (χ2n) is 5.84. The van der Waals surface area contributed by atoms with Crippen LogP contribution in [0, 0.1) is 6.08 Å². The summed E-state index contributed by atoms with van der Waals surface area (Å²) >= 11 is 0. The van der Waals surface area contributed by atoms with Crippen molar-refractivity contribution in [3.05, 3.63) is 12.4 Å². The molecular formula is C13H17F2N5O3. The van der Waals surface area contributed by atoms with Gasteiger partial charge in [0, 0.05) is 14.1 Å². The number of aromatic nitrogens is 4. The van der Waals surface area contributed by atoms with Gasteiger partial charge >= 0.3 is 6.08 Å². The molecule has 0 bridgehead atoms. The molecule has 0 aliphatic carbocycles. The second-order valence-corrected chi connectivity index (χ2v) is 5.84. The zero-order valence-electron chi connectivity index (χ0n) is 12.8. The smallest absolute Gasteiger partial charge is 0.312 e. The first-order valence-electron chi connectivity index (χ1n) is 6.98. The van der Waals surface area contributed by atoms with Gasteiger partial charge in [0.15, 0.2) is 28.9 Å². The predicted octanol–water partition coefficient (Wildman–Crippen LogP) is 0.0102. The van der Waals surface area contributed by atoms with Crippen molar-refractivity contribution < 1.29 is 23.7 Å². The third-order valence-electron chi connectivity index (χ3n) is 3.95. The summed E-state index contributed by atoms with van der Waals surface area (Å²) in [5.74, 6) is 0.240. The summed E-state index contributed by atoms with van der Waals surface area (Å²) in [4.78, 5) is 13.0. The van der Waals surface area contributed by atoms with E-state index in [1.807, 2.05) is 0 Å². The van der Waals surface area contributed by atoms with Gasteiger partial charge in [0.1, 0.15) is 12.2 Å². The van der Waals surface area contributed by atoms with Crippen molar-refractivity contribution in [2.45, 2.75) is 31.0 Å². The van der Waals surface area contributed by atoms with Crippen LogP contribution in [-0.2, 0) is 4.74 Å². The normalized spacial score (nSPS) is 31.0. The van der Waals surface area contributed by atoms with Crippen molar-refractivity contribution in [2.75, 3.05) is 25.6 Å². The lowest BCUT2D eigenvalue weighted by molar-refractivity contribution is -0.0567. The molecule has 4 atom stereocenters. The van der Waals surface area contributed by atoms with Gasteiger partial charge in [-0.25, -0.2) is 9.37 Å². The number of alkyl halides is 1. The number of imidazole rings is 1. The summed E-state index contributed by atoms with van der Waals surface area (Å²) in [6.07, 6.45) is -3.66. The molecule has 1 fully saturated rings. The van der Waals surface area contributed by atoms with Crippen LogP contribution in [0.15, 0.2) is 6.33 Å². The van der Waals surface area contributed by atoms with Crippen LogP contribution in [-0.4, -0.2) is 68.3 Å². The number of aliphatic hydroxyl groups is 2. The molecule has 0 radical (unpaired) electrons. The molecule has 8 nitrogen and oxygen atoms in total. The Balaban J connectivity index is 2.14. The molecule has 2 aromatic rings. The number of fused-ring (bicyclic) bond motifs is 1. The van der Waals surface area contributed by atoms with E-state index < -0.39 is 36.8 Å². The van der Waals surface area contributed by atoms with Gasteiger partial charge in [-0.1, -0.05) is 0 Å². The summed E-state index contributed by atoms with van der Waals surface area (Å²) in [7, 11) is 3.33. The predicted molar refractivity (Wildman–Crippen MR) is 76.1 cm³/mol. The van der Waals surface area contributed by atoms with Gasteiger partial charge in [0.05, 0.1) is 12.9 Å². The standard InChI is InChI=1S/C13H17F2N5O3/c1-13(15)8(22)6(4-21)23-11(13)20-5-16-7-9(19(2)3)17-12(14)18-10(7)20/h5-6,8,11,21-22H,4H2,1-3H3/t6-,8-,11-,13-/m1/s1. The molecule has 10 heteroatoms. The zero-order chi connectivity index (χ0) is 16.9. The lowest BCUT2D eigenvalue weighted by atomic mass is 9.98. The van der Waals surface area contributed by atoms with Crippen LogP contribution in [0.3, 0.4) is 0 Å². The number of halogens is 2. The van der Waals surface area contributed by atoms with Crippen molar-refractivity contribution in [3.63, 3.8) is 0 Å². The number of aliphatic hydroxyl groups excluding tert-OH is 2. The van der Waals surface area contributed by atoms with E-state index in [1.165, 1.54) is 10.9 Å². The molecule has 0 saturated carbocycles. The Hall–Kier alpha value is -1.91. The molecule has 1 saturated heterocycles. The summed E-state index contributed by atoms with van der Waals surface area (Å²) in [5.41, 5.74) is -1.89. The van der Waals surface area contributed by atoms with E-state index in [0.717, 1.165) is 6.92 Å². The molecular weight excluding hydrogens is 312 g/mol. The highest BCUT2D eigenvalue weighted by atomic mass is 19.1. The Bertz CT molecular complexity index is 736. The lowest BCUT2D eigenvalue weighted by Gasteiger charge is -2.24. The van der Waals surface area contributed by atoms with Gasteiger partial charge in [-0.15, -0.1) is 0 Å². The van der Waals surface area contributed by atoms with E-state index in [-0.39, 0.29) is 17.0 Å². The van der Waals surface area contributed by atoms with Crippen LogP contribution in [0.5, 0.6) is 0 Å². The highest BCUT2D eigenvalue weighted by molar-refractivity contribution is 5.83. The van der Waals surface area contributed by atoms with Gasteiger partial charge in [-0.2, -0.15) is 14.4 Å². The fourth-order valence-corrected chi connectivity index (χ4v) is 2.72. The van der Waals surface area contributed by atoms with Gasteiger partial charge in [0.2, 0.25) is 0 Å². The van der Waals surface area contributed by atoms with Crippen molar-refractivity contribution >= 4 is 17.0 Å². The molecule has 2 aromatic heterocycles. The lowest BCUT2D eigenvalue weighted by Crippen LogP contribution is -2.40. The molecule has 0 aromatic carbocycles. The van der Waals surface area contributed by atoms with Crippen molar-refractivity contribution in [1.82, 2.24) is 19.5 Å². The van der Waals surface area contributed by atoms with Crippen LogP contribution in [0.4, 0.5) is 14.6 Å². The molecule has 3 rings (SSSR count). The number of anilines is 1. The van der Waals surface area contributed by atoms with Crippen LogP contribution in [0.2, 0.25) is 0 Å². The average Bonchev–Trinajstić information content (AvgIpc) is 2.98. The maximum atomic E-state index is 14.9. The van der Waals surface area contributed by atoms with Crippen molar-refractivity contribution in [2.24, 2.45) is 0 Å². The average molecular weight is 329 g/mol. The fourth-order valence-electron chi connectivity index (χ4n) is 2.72. The first kappa shape index (κ1) is 16.0. The Kier molecular flexibility index (Phi) is 3.69. The molecule has 1 aliphatic rings. The van der Waals surface area contributed by atoms with E-state index in [9.17, 15) is 19.0 Å². The van der Waals surface area contributed by atoms with E-state index in [1.54, 1.807) is 19.0 Å². The second kappa shape index (κ2) is 5.32.